The number of nitrogens with one attached hydrogen (secondary N) is 2. The minimum absolute atomic E-state index is 0.951. The van der Waals surface area contributed by atoms with Crippen molar-refractivity contribution in [1.82, 2.24) is 20.2 Å². The largest absolute Gasteiger partial charge is 0.346 e. The number of rotatable bonds is 2. The highest BCUT2D eigenvalue weighted by molar-refractivity contribution is 5.84. The maximum absolute atomic E-state index is 4.45. The monoisotopic (exact) mass is 226 g/mol. The van der Waals surface area contributed by atoms with Crippen LogP contribution in [0.25, 0.3) is 22.2 Å². The molecule has 3 rings (SSSR count). The van der Waals surface area contributed by atoms with E-state index in [1.807, 2.05) is 25.5 Å². The van der Waals surface area contributed by atoms with Gasteiger partial charge in [-0.05, 0) is 25.0 Å². The van der Waals surface area contributed by atoms with E-state index >= 15 is 0 Å². The van der Waals surface area contributed by atoms with Crippen LogP contribution in [0.2, 0.25) is 0 Å². The van der Waals surface area contributed by atoms with Crippen LogP contribution < -0.4 is 0 Å². The van der Waals surface area contributed by atoms with E-state index in [0.29, 0.717) is 0 Å². The Morgan fingerprint density at radius 1 is 1.29 bits per heavy atom. The third-order valence-corrected chi connectivity index (χ3v) is 3.14. The molecule has 0 aliphatic carbocycles. The van der Waals surface area contributed by atoms with E-state index in [2.05, 4.69) is 33.2 Å². The summed E-state index contributed by atoms with van der Waals surface area (Å²) in [7, 11) is 0. The normalized spacial score (nSPS) is 11.2. The van der Waals surface area contributed by atoms with E-state index in [9.17, 15) is 0 Å². The molecule has 0 atom stereocenters. The summed E-state index contributed by atoms with van der Waals surface area (Å²) in [4.78, 5) is 7.64. The van der Waals surface area contributed by atoms with E-state index in [0.717, 1.165) is 28.9 Å². The highest BCUT2D eigenvalue weighted by atomic mass is 15.1. The van der Waals surface area contributed by atoms with Gasteiger partial charge in [-0.3, -0.25) is 5.10 Å². The fourth-order valence-electron chi connectivity index (χ4n) is 2.14. The molecule has 0 bridgehead atoms. The highest BCUT2D eigenvalue weighted by Crippen LogP contribution is 2.25. The molecule has 3 aromatic rings. The van der Waals surface area contributed by atoms with Gasteiger partial charge in [0.2, 0.25) is 0 Å². The van der Waals surface area contributed by atoms with Crippen molar-refractivity contribution in [2.24, 2.45) is 0 Å². The number of aryl methyl sites for hydroxylation is 2. The van der Waals surface area contributed by atoms with E-state index in [4.69, 9.17) is 0 Å². The first-order valence-electron chi connectivity index (χ1n) is 5.76. The van der Waals surface area contributed by atoms with Gasteiger partial charge in [-0.1, -0.05) is 6.92 Å². The summed E-state index contributed by atoms with van der Waals surface area (Å²) in [6.07, 6.45) is 6.77. The first-order valence-corrected chi connectivity index (χ1v) is 5.76. The van der Waals surface area contributed by atoms with Gasteiger partial charge in [-0.2, -0.15) is 5.10 Å². The summed E-state index contributed by atoms with van der Waals surface area (Å²) in [5, 5.41) is 8.20. The Balaban J connectivity index is 2.22. The lowest BCUT2D eigenvalue weighted by molar-refractivity contribution is 1.05. The van der Waals surface area contributed by atoms with Crippen LogP contribution in [0.3, 0.4) is 0 Å². The molecule has 3 aromatic heterocycles. The van der Waals surface area contributed by atoms with Crippen LogP contribution in [0.15, 0.2) is 24.7 Å². The number of fused-ring (bicyclic) bond motifs is 1. The molecule has 0 fully saturated rings. The van der Waals surface area contributed by atoms with Gasteiger partial charge in [0.05, 0.1) is 6.20 Å². The molecule has 0 amide bonds. The third kappa shape index (κ3) is 1.53. The van der Waals surface area contributed by atoms with Gasteiger partial charge >= 0.3 is 0 Å². The summed E-state index contributed by atoms with van der Waals surface area (Å²) in [5.41, 5.74) is 5.54. The molecule has 0 saturated carbocycles. The molecule has 0 saturated heterocycles. The van der Waals surface area contributed by atoms with E-state index in [1.165, 1.54) is 10.9 Å². The summed E-state index contributed by atoms with van der Waals surface area (Å²) < 4.78 is 0. The molecular formula is C13H14N4. The first kappa shape index (κ1) is 10.1. The second-order valence-corrected chi connectivity index (χ2v) is 4.20. The third-order valence-electron chi connectivity index (χ3n) is 3.14. The predicted molar refractivity (Wildman–Crippen MR) is 67.8 cm³/mol. The van der Waals surface area contributed by atoms with Crippen LogP contribution in [-0.4, -0.2) is 20.2 Å². The second kappa shape index (κ2) is 3.73. The molecule has 86 valence electrons. The van der Waals surface area contributed by atoms with E-state index in [-0.39, 0.29) is 0 Å². The van der Waals surface area contributed by atoms with Crippen molar-refractivity contribution < 1.29 is 0 Å². The van der Waals surface area contributed by atoms with Crippen LogP contribution >= 0.6 is 0 Å². The lowest BCUT2D eigenvalue weighted by atomic mass is 10.1. The Morgan fingerprint density at radius 2 is 2.18 bits per heavy atom. The van der Waals surface area contributed by atoms with Crippen LogP contribution in [0.1, 0.15) is 18.2 Å². The summed E-state index contributed by atoms with van der Waals surface area (Å²) >= 11 is 0. The summed E-state index contributed by atoms with van der Waals surface area (Å²) in [6.45, 7) is 4.17. The van der Waals surface area contributed by atoms with Gasteiger partial charge in [-0.15, -0.1) is 0 Å². The zero-order chi connectivity index (χ0) is 11.8. The van der Waals surface area contributed by atoms with Crippen molar-refractivity contribution in [2.45, 2.75) is 20.3 Å². The topological polar surface area (TPSA) is 57.4 Å². The van der Waals surface area contributed by atoms with Crippen LogP contribution in [0.5, 0.6) is 0 Å². The van der Waals surface area contributed by atoms with Crippen LogP contribution in [0.4, 0.5) is 0 Å². The van der Waals surface area contributed by atoms with Crippen molar-refractivity contribution >= 4 is 11.0 Å². The Kier molecular flexibility index (Phi) is 2.21. The molecule has 0 unspecified atom stereocenters. The fourth-order valence-corrected chi connectivity index (χ4v) is 2.14. The van der Waals surface area contributed by atoms with Crippen molar-refractivity contribution in [3.05, 3.63) is 35.9 Å². The number of pyridine rings is 1. The van der Waals surface area contributed by atoms with Crippen molar-refractivity contribution in [2.75, 3.05) is 0 Å². The van der Waals surface area contributed by atoms with E-state index < -0.39 is 0 Å². The Hall–Kier alpha value is -2.10. The molecular weight excluding hydrogens is 212 g/mol. The highest BCUT2D eigenvalue weighted by Gasteiger charge is 2.08. The average molecular weight is 226 g/mol. The molecule has 3 heterocycles. The Morgan fingerprint density at radius 3 is 2.88 bits per heavy atom. The molecule has 17 heavy (non-hydrogen) atoms. The molecule has 0 aromatic carbocycles. The molecule has 4 heteroatoms. The number of H-pyrrole nitrogens is 2. The molecule has 0 radical (unpaired) electrons. The smallest absolute Gasteiger partial charge is 0.137 e. The summed E-state index contributed by atoms with van der Waals surface area (Å²) in [5.74, 6) is 0. The van der Waals surface area contributed by atoms with Crippen molar-refractivity contribution in [1.29, 1.82) is 0 Å². The molecule has 0 aliphatic heterocycles. The maximum Gasteiger partial charge on any atom is 0.137 e. The van der Waals surface area contributed by atoms with Crippen molar-refractivity contribution in [3.63, 3.8) is 0 Å². The van der Waals surface area contributed by atoms with Gasteiger partial charge in [-0.25, -0.2) is 4.98 Å². The van der Waals surface area contributed by atoms with Gasteiger partial charge in [0.25, 0.3) is 0 Å². The minimum atomic E-state index is 0.951. The molecule has 0 aliphatic rings. The number of hydrogen-bond donors (Lipinski definition) is 2. The SMILES string of the molecule is CCc1c[nH]c2ncc(-c3cn[nH]c3C)cc12. The predicted octanol–water partition coefficient (Wildman–Crippen LogP) is 2.82. The number of nitrogens with zero attached hydrogens (tertiary/aromatic N) is 2. The molecule has 0 spiro atoms. The zero-order valence-electron chi connectivity index (χ0n) is 9.91. The standard InChI is InChI=1S/C13H14N4/c1-3-9-5-14-13-11(9)4-10(6-15-13)12-7-16-17-8(12)2/h4-7H,3H2,1-2H3,(H,14,15)(H,16,17). The number of aromatic nitrogens is 4. The second-order valence-electron chi connectivity index (χ2n) is 4.20. The number of hydrogen-bond acceptors (Lipinski definition) is 2. The van der Waals surface area contributed by atoms with Gasteiger partial charge in [0.1, 0.15) is 5.65 Å². The molecule has 2 N–H and O–H groups in total. The van der Waals surface area contributed by atoms with Gasteiger partial charge in [0, 0.05) is 34.6 Å². The van der Waals surface area contributed by atoms with Crippen molar-refractivity contribution in [3.8, 4) is 11.1 Å². The van der Waals surface area contributed by atoms with Gasteiger partial charge in [0.15, 0.2) is 0 Å². The maximum atomic E-state index is 4.45. The molecule has 4 nitrogen and oxygen atoms in total. The zero-order valence-corrected chi connectivity index (χ0v) is 9.91. The Labute approximate surface area is 99.1 Å². The van der Waals surface area contributed by atoms with Crippen LogP contribution in [-0.2, 0) is 6.42 Å². The lowest BCUT2D eigenvalue weighted by Crippen LogP contribution is -1.84. The minimum Gasteiger partial charge on any atom is -0.346 e. The number of aromatic amines is 2. The summed E-state index contributed by atoms with van der Waals surface area (Å²) in [6, 6.07) is 2.18. The lowest BCUT2D eigenvalue weighted by Gasteiger charge is -2.00. The van der Waals surface area contributed by atoms with Crippen LogP contribution in [0, 0.1) is 6.92 Å². The Bertz CT molecular complexity index is 663. The quantitative estimate of drug-likeness (QED) is 0.706. The fraction of sp³-hybridized carbons (Fsp3) is 0.231. The van der Waals surface area contributed by atoms with Gasteiger partial charge < -0.3 is 4.98 Å². The average Bonchev–Trinajstić information content (AvgIpc) is 2.93. The van der Waals surface area contributed by atoms with E-state index in [1.54, 1.807) is 0 Å². The first-order chi connectivity index (χ1) is 8.29.